The lowest BCUT2D eigenvalue weighted by atomic mass is 10.2. The lowest BCUT2D eigenvalue weighted by Gasteiger charge is -1.98. The van der Waals surface area contributed by atoms with E-state index in [1.165, 1.54) is 41.4 Å². The molecule has 1 aromatic heterocycles. The average Bonchev–Trinajstić information content (AvgIpc) is 2.91. The highest BCUT2D eigenvalue weighted by Crippen LogP contribution is 2.22. The number of nitrogens with zero attached hydrogens (tertiary/aromatic N) is 4. The van der Waals surface area contributed by atoms with E-state index in [0.29, 0.717) is 15.0 Å². The molecule has 2 rings (SSSR count). The molecule has 1 aromatic carbocycles. The van der Waals surface area contributed by atoms with Crippen molar-refractivity contribution in [2.75, 3.05) is 11.5 Å². The molecule has 0 aliphatic rings. The summed E-state index contributed by atoms with van der Waals surface area (Å²) in [4.78, 5) is 21.9. The van der Waals surface area contributed by atoms with Gasteiger partial charge < -0.3 is 5.73 Å². The molecule has 0 atom stereocenters. The quantitative estimate of drug-likeness (QED) is 0.350. The fourth-order valence-electron chi connectivity index (χ4n) is 1.38. The molecule has 0 saturated heterocycles. The van der Waals surface area contributed by atoms with E-state index in [2.05, 4.69) is 20.7 Å². The Morgan fingerprint density at radius 2 is 2.27 bits per heavy atom. The molecule has 114 valence electrons. The number of nitro benzene ring substituents is 1. The molecule has 0 saturated carbocycles. The van der Waals surface area contributed by atoms with E-state index in [0.717, 1.165) is 0 Å². The van der Waals surface area contributed by atoms with Gasteiger partial charge in [0.05, 0.1) is 22.5 Å². The van der Waals surface area contributed by atoms with Crippen LogP contribution >= 0.6 is 23.1 Å². The Balaban J connectivity index is 1.87. The number of rotatable bonds is 6. The van der Waals surface area contributed by atoms with E-state index < -0.39 is 4.92 Å². The summed E-state index contributed by atoms with van der Waals surface area (Å²) in [5.74, 6) is -0.281. The van der Waals surface area contributed by atoms with Gasteiger partial charge in [-0.1, -0.05) is 35.2 Å². The van der Waals surface area contributed by atoms with Crippen LogP contribution in [-0.2, 0) is 4.79 Å². The van der Waals surface area contributed by atoms with Gasteiger partial charge in [0.25, 0.3) is 11.6 Å². The van der Waals surface area contributed by atoms with Crippen molar-refractivity contribution < 1.29 is 9.72 Å². The molecule has 0 fully saturated rings. The van der Waals surface area contributed by atoms with E-state index in [-0.39, 0.29) is 17.3 Å². The average molecular weight is 338 g/mol. The number of carbonyl (C=O) groups excluding carboxylic acids is 1. The highest BCUT2D eigenvalue weighted by atomic mass is 32.2. The molecule has 1 amide bonds. The number of anilines is 1. The molecule has 3 N–H and O–H groups in total. The summed E-state index contributed by atoms with van der Waals surface area (Å²) in [7, 11) is 0. The molecule has 0 radical (unpaired) electrons. The number of benzene rings is 1. The van der Waals surface area contributed by atoms with Gasteiger partial charge in [0.2, 0.25) is 5.13 Å². The fraction of sp³-hybridized carbons (Fsp3) is 0.0909. The number of para-hydroxylation sites is 1. The molecule has 22 heavy (non-hydrogen) atoms. The van der Waals surface area contributed by atoms with Crippen LogP contribution in [0.1, 0.15) is 5.56 Å². The van der Waals surface area contributed by atoms with Crippen LogP contribution in [0.15, 0.2) is 33.7 Å². The summed E-state index contributed by atoms with van der Waals surface area (Å²) in [6.45, 7) is 0. The Kier molecular flexibility index (Phi) is 5.38. The maximum Gasteiger partial charge on any atom is 0.278 e. The van der Waals surface area contributed by atoms with E-state index in [1.54, 1.807) is 12.1 Å². The fourth-order valence-corrected chi connectivity index (χ4v) is 2.80. The number of nitro groups is 1. The molecule has 11 heteroatoms. The van der Waals surface area contributed by atoms with Crippen molar-refractivity contribution in [2.45, 2.75) is 4.34 Å². The number of aromatic nitrogens is 2. The zero-order chi connectivity index (χ0) is 15.9. The summed E-state index contributed by atoms with van der Waals surface area (Å²) >= 11 is 2.36. The Bertz CT molecular complexity index is 717. The standard InChI is InChI=1S/C11H10N6O3S2/c12-10-15-16-11(22-10)21-6-9(18)14-13-5-7-3-1-2-4-8(7)17(19)20/h1-5H,6H2,(H2,12,15)(H,14,18)/b13-5+. The number of nitrogens with one attached hydrogen (secondary N) is 1. The summed E-state index contributed by atoms with van der Waals surface area (Å²) in [5.41, 5.74) is 7.93. The number of nitrogens with two attached hydrogens (primary N) is 1. The van der Waals surface area contributed by atoms with E-state index in [1.807, 2.05) is 0 Å². The number of carbonyl (C=O) groups is 1. The first-order chi connectivity index (χ1) is 10.6. The van der Waals surface area contributed by atoms with Gasteiger partial charge in [0.15, 0.2) is 4.34 Å². The van der Waals surface area contributed by atoms with Crippen molar-refractivity contribution in [3.8, 4) is 0 Å². The van der Waals surface area contributed by atoms with Crippen LogP contribution in [0.25, 0.3) is 0 Å². The van der Waals surface area contributed by atoms with Crippen molar-refractivity contribution in [3.05, 3.63) is 39.9 Å². The molecule has 1 heterocycles. The first-order valence-electron chi connectivity index (χ1n) is 5.83. The van der Waals surface area contributed by atoms with E-state index >= 15 is 0 Å². The molecule has 0 aliphatic heterocycles. The Morgan fingerprint density at radius 1 is 1.50 bits per heavy atom. The van der Waals surface area contributed by atoms with Crippen LogP contribution in [0.5, 0.6) is 0 Å². The summed E-state index contributed by atoms with van der Waals surface area (Å²) < 4.78 is 0.579. The van der Waals surface area contributed by atoms with Gasteiger partial charge in [-0.25, -0.2) is 5.43 Å². The zero-order valence-electron chi connectivity index (χ0n) is 11.0. The van der Waals surface area contributed by atoms with Crippen molar-refractivity contribution in [1.82, 2.24) is 15.6 Å². The van der Waals surface area contributed by atoms with Gasteiger partial charge in [-0.3, -0.25) is 14.9 Å². The number of amides is 1. The molecule has 0 unspecified atom stereocenters. The minimum atomic E-state index is -0.515. The maximum absolute atomic E-state index is 11.6. The van der Waals surface area contributed by atoms with Gasteiger partial charge in [0.1, 0.15) is 0 Å². The normalized spacial score (nSPS) is 10.7. The monoisotopic (exact) mass is 338 g/mol. The van der Waals surface area contributed by atoms with Crippen molar-refractivity contribution in [2.24, 2.45) is 5.10 Å². The first kappa shape index (κ1) is 15.9. The predicted molar refractivity (Wildman–Crippen MR) is 83.9 cm³/mol. The number of nitrogen functional groups attached to an aromatic ring is 1. The predicted octanol–water partition coefficient (Wildman–Crippen LogP) is 1.27. The molecular formula is C11H10N6O3S2. The van der Waals surface area contributed by atoms with Crippen LogP contribution in [0.4, 0.5) is 10.8 Å². The van der Waals surface area contributed by atoms with Gasteiger partial charge >= 0.3 is 0 Å². The lowest BCUT2D eigenvalue weighted by Crippen LogP contribution is -2.19. The molecule has 9 nitrogen and oxygen atoms in total. The molecule has 0 bridgehead atoms. The van der Waals surface area contributed by atoms with E-state index in [4.69, 9.17) is 5.73 Å². The third-order valence-electron chi connectivity index (χ3n) is 2.28. The molecule has 0 spiro atoms. The SMILES string of the molecule is Nc1nnc(SCC(=O)N/N=C/c2ccccc2[N+](=O)[O-])s1. The third kappa shape index (κ3) is 4.49. The summed E-state index contributed by atoms with van der Waals surface area (Å²) in [5, 5.41) is 22.2. The second-order valence-electron chi connectivity index (χ2n) is 3.80. The van der Waals surface area contributed by atoms with Crippen LogP contribution in [-0.4, -0.2) is 33.0 Å². The third-order valence-corrected chi connectivity index (χ3v) is 4.16. The minimum Gasteiger partial charge on any atom is -0.374 e. The lowest BCUT2D eigenvalue weighted by molar-refractivity contribution is -0.385. The summed E-state index contributed by atoms with van der Waals surface area (Å²) in [6, 6.07) is 6.09. The highest BCUT2D eigenvalue weighted by molar-refractivity contribution is 8.01. The van der Waals surface area contributed by atoms with Crippen LogP contribution < -0.4 is 11.2 Å². The Labute approximate surface area is 132 Å². The van der Waals surface area contributed by atoms with Crippen molar-refractivity contribution in [1.29, 1.82) is 0 Å². The van der Waals surface area contributed by atoms with E-state index in [9.17, 15) is 14.9 Å². The Hall–Kier alpha value is -2.53. The number of hydrazone groups is 1. The van der Waals surface area contributed by atoms with Crippen LogP contribution in [0.2, 0.25) is 0 Å². The Morgan fingerprint density at radius 3 is 2.95 bits per heavy atom. The van der Waals surface area contributed by atoms with Gasteiger partial charge in [0, 0.05) is 6.07 Å². The largest absolute Gasteiger partial charge is 0.374 e. The first-order valence-corrected chi connectivity index (χ1v) is 7.63. The van der Waals surface area contributed by atoms with Gasteiger partial charge in [-0.15, -0.1) is 10.2 Å². The van der Waals surface area contributed by atoms with Crippen LogP contribution in [0, 0.1) is 10.1 Å². The number of hydrogen-bond acceptors (Lipinski definition) is 9. The highest BCUT2D eigenvalue weighted by Gasteiger charge is 2.10. The molecule has 2 aromatic rings. The van der Waals surface area contributed by atoms with Crippen molar-refractivity contribution >= 4 is 46.0 Å². The maximum atomic E-state index is 11.6. The number of hydrogen-bond donors (Lipinski definition) is 2. The second kappa shape index (κ2) is 7.47. The zero-order valence-corrected chi connectivity index (χ0v) is 12.6. The molecular weight excluding hydrogens is 328 g/mol. The van der Waals surface area contributed by atoms with Gasteiger partial charge in [-0.2, -0.15) is 5.10 Å². The minimum absolute atomic E-state index is 0.0841. The summed E-state index contributed by atoms with van der Waals surface area (Å²) in [6.07, 6.45) is 1.23. The topological polar surface area (TPSA) is 136 Å². The number of thioether (sulfide) groups is 1. The van der Waals surface area contributed by atoms with Crippen LogP contribution in [0.3, 0.4) is 0 Å². The van der Waals surface area contributed by atoms with Gasteiger partial charge in [-0.05, 0) is 6.07 Å². The van der Waals surface area contributed by atoms with Crippen molar-refractivity contribution in [3.63, 3.8) is 0 Å². The smallest absolute Gasteiger partial charge is 0.278 e. The molecule has 0 aliphatic carbocycles. The second-order valence-corrected chi connectivity index (χ2v) is 6.04.